The van der Waals surface area contributed by atoms with E-state index in [0.29, 0.717) is 24.6 Å². The summed E-state index contributed by atoms with van der Waals surface area (Å²) in [5, 5.41) is 11.5. The zero-order valence-electron chi connectivity index (χ0n) is 13.6. The second-order valence-corrected chi connectivity index (χ2v) is 5.47. The molecule has 0 aliphatic heterocycles. The Morgan fingerprint density at radius 2 is 1.87 bits per heavy atom. The molecule has 0 saturated carbocycles. The van der Waals surface area contributed by atoms with Gasteiger partial charge in [0.1, 0.15) is 5.65 Å². The molecule has 23 heavy (non-hydrogen) atoms. The average Bonchev–Trinajstić information content (AvgIpc) is 2.53. The van der Waals surface area contributed by atoms with Crippen molar-refractivity contribution in [2.24, 2.45) is 0 Å². The molecule has 0 N–H and O–H groups in total. The summed E-state index contributed by atoms with van der Waals surface area (Å²) in [4.78, 5) is 28.8. The molecule has 0 unspecified atom stereocenters. The number of unbranched alkanes of at least 4 members (excludes halogenated alkanes) is 2. The van der Waals surface area contributed by atoms with Crippen molar-refractivity contribution in [3.05, 3.63) is 44.9 Å². The topological polar surface area (TPSA) is 80.8 Å². The highest BCUT2D eigenvalue weighted by Gasteiger charge is 2.27. The minimum absolute atomic E-state index is 0.340. The smallest absolute Gasteiger partial charge is 0.352 e. The SMILES string of the molecule is CCCCN(CCCC)c1c([N+](=O)[O-])c(=O)nc2ccccn12. The summed E-state index contributed by atoms with van der Waals surface area (Å²) in [6.07, 6.45) is 5.50. The average molecular weight is 318 g/mol. The number of hydrogen-bond acceptors (Lipinski definition) is 5. The first kappa shape index (κ1) is 16.9. The molecular weight excluding hydrogens is 296 g/mol. The molecule has 7 nitrogen and oxygen atoms in total. The Bertz CT molecular complexity index is 734. The third-order valence-corrected chi connectivity index (χ3v) is 3.74. The number of nitro groups is 1. The van der Waals surface area contributed by atoms with Gasteiger partial charge in [-0.3, -0.25) is 19.3 Å². The minimum Gasteiger partial charge on any atom is -0.352 e. The standard InChI is InChI=1S/C16H22N4O3/c1-3-5-10-18(11-6-4-2)16-14(20(22)23)15(21)17-13-9-7-8-12-19(13)16/h7-9,12H,3-6,10-11H2,1-2H3. The van der Waals surface area contributed by atoms with Crippen LogP contribution < -0.4 is 10.5 Å². The van der Waals surface area contributed by atoms with Crippen LogP contribution in [0.1, 0.15) is 39.5 Å². The van der Waals surface area contributed by atoms with Crippen LogP contribution in [0.4, 0.5) is 11.5 Å². The van der Waals surface area contributed by atoms with Crippen molar-refractivity contribution in [2.45, 2.75) is 39.5 Å². The van der Waals surface area contributed by atoms with Crippen LogP contribution in [-0.2, 0) is 0 Å². The van der Waals surface area contributed by atoms with Gasteiger partial charge in [0.05, 0.1) is 4.92 Å². The van der Waals surface area contributed by atoms with Crippen molar-refractivity contribution in [1.29, 1.82) is 0 Å². The molecule has 0 fully saturated rings. The Hall–Kier alpha value is -2.44. The molecule has 2 rings (SSSR count). The normalized spacial score (nSPS) is 10.9. The fraction of sp³-hybridized carbons (Fsp3) is 0.500. The summed E-state index contributed by atoms with van der Waals surface area (Å²) >= 11 is 0. The van der Waals surface area contributed by atoms with E-state index in [1.807, 2.05) is 4.90 Å². The monoisotopic (exact) mass is 318 g/mol. The molecule has 0 bridgehead atoms. The van der Waals surface area contributed by atoms with Gasteiger partial charge in [0.15, 0.2) is 0 Å². The van der Waals surface area contributed by atoms with Crippen LogP contribution in [-0.4, -0.2) is 27.4 Å². The van der Waals surface area contributed by atoms with E-state index in [0.717, 1.165) is 25.7 Å². The van der Waals surface area contributed by atoms with E-state index in [1.54, 1.807) is 28.8 Å². The number of fused-ring (bicyclic) bond motifs is 1. The first-order chi connectivity index (χ1) is 11.1. The Kier molecular flexibility index (Phi) is 5.67. The Morgan fingerprint density at radius 3 is 2.43 bits per heavy atom. The highest BCUT2D eigenvalue weighted by Crippen LogP contribution is 2.25. The summed E-state index contributed by atoms with van der Waals surface area (Å²) < 4.78 is 1.64. The molecule has 2 heterocycles. The van der Waals surface area contributed by atoms with Crippen LogP contribution in [0, 0.1) is 10.1 Å². The van der Waals surface area contributed by atoms with Gasteiger partial charge >= 0.3 is 11.2 Å². The summed E-state index contributed by atoms with van der Waals surface area (Å²) in [6, 6.07) is 5.23. The van der Waals surface area contributed by atoms with Gasteiger partial charge in [0.2, 0.25) is 5.82 Å². The van der Waals surface area contributed by atoms with Crippen LogP contribution in [0.5, 0.6) is 0 Å². The van der Waals surface area contributed by atoms with Gasteiger partial charge in [0, 0.05) is 19.3 Å². The van der Waals surface area contributed by atoms with E-state index in [9.17, 15) is 14.9 Å². The van der Waals surface area contributed by atoms with E-state index in [1.165, 1.54) is 0 Å². The molecule has 7 heteroatoms. The molecule has 0 atom stereocenters. The van der Waals surface area contributed by atoms with Crippen LogP contribution in [0.3, 0.4) is 0 Å². The number of pyridine rings is 1. The lowest BCUT2D eigenvalue weighted by molar-refractivity contribution is -0.385. The van der Waals surface area contributed by atoms with Crippen LogP contribution in [0.25, 0.3) is 5.65 Å². The van der Waals surface area contributed by atoms with E-state index < -0.39 is 16.2 Å². The van der Waals surface area contributed by atoms with Crippen molar-refractivity contribution in [3.63, 3.8) is 0 Å². The fourth-order valence-electron chi connectivity index (χ4n) is 2.55. The highest BCUT2D eigenvalue weighted by molar-refractivity contribution is 5.62. The van der Waals surface area contributed by atoms with Crippen molar-refractivity contribution >= 4 is 17.2 Å². The van der Waals surface area contributed by atoms with E-state index >= 15 is 0 Å². The summed E-state index contributed by atoms with van der Waals surface area (Å²) in [5.41, 5.74) is -0.800. The minimum atomic E-state index is -0.783. The quantitative estimate of drug-likeness (QED) is 0.552. The molecule has 124 valence electrons. The maximum Gasteiger partial charge on any atom is 0.376 e. The van der Waals surface area contributed by atoms with Crippen LogP contribution in [0.2, 0.25) is 0 Å². The van der Waals surface area contributed by atoms with Crippen molar-refractivity contribution in [2.75, 3.05) is 18.0 Å². The van der Waals surface area contributed by atoms with Gasteiger partial charge < -0.3 is 4.90 Å². The number of rotatable bonds is 8. The molecule has 0 aliphatic carbocycles. The zero-order valence-corrected chi connectivity index (χ0v) is 13.6. The van der Waals surface area contributed by atoms with E-state index in [2.05, 4.69) is 18.8 Å². The summed E-state index contributed by atoms with van der Waals surface area (Å²) in [7, 11) is 0. The van der Waals surface area contributed by atoms with E-state index in [4.69, 9.17) is 0 Å². The molecule has 2 aromatic rings. The van der Waals surface area contributed by atoms with Gasteiger partial charge in [-0.1, -0.05) is 32.8 Å². The Labute approximate surface area is 134 Å². The molecular formula is C16H22N4O3. The largest absolute Gasteiger partial charge is 0.376 e. The predicted octanol–water partition coefficient (Wildman–Crippen LogP) is 3.01. The number of aromatic nitrogens is 2. The fourth-order valence-corrected chi connectivity index (χ4v) is 2.55. The lowest BCUT2D eigenvalue weighted by Crippen LogP contribution is -2.31. The van der Waals surface area contributed by atoms with Crippen molar-refractivity contribution in [3.8, 4) is 0 Å². The molecule has 0 saturated heterocycles. The van der Waals surface area contributed by atoms with Crippen molar-refractivity contribution < 1.29 is 4.92 Å². The third kappa shape index (κ3) is 3.67. The molecule has 0 spiro atoms. The maximum absolute atomic E-state index is 12.2. The van der Waals surface area contributed by atoms with Gasteiger partial charge in [-0.25, -0.2) is 0 Å². The first-order valence-corrected chi connectivity index (χ1v) is 8.00. The number of nitrogens with zero attached hydrogens (tertiary/aromatic N) is 4. The number of hydrogen-bond donors (Lipinski definition) is 0. The predicted molar refractivity (Wildman–Crippen MR) is 90.1 cm³/mol. The van der Waals surface area contributed by atoms with Gasteiger partial charge in [-0.05, 0) is 25.0 Å². The molecule has 0 radical (unpaired) electrons. The number of anilines is 1. The van der Waals surface area contributed by atoms with Gasteiger partial charge in [0.25, 0.3) is 0 Å². The highest BCUT2D eigenvalue weighted by atomic mass is 16.6. The van der Waals surface area contributed by atoms with Crippen LogP contribution >= 0.6 is 0 Å². The van der Waals surface area contributed by atoms with Crippen LogP contribution in [0.15, 0.2) is 29.2 Å². The Morgan fingerprint density at radius 1 is 1.22 bits per heavy atom. The molecule has 2 aromatic heterocycles. The van der Waals surface area contributed by atoms with Gasteiger partial charge in [-0.2, -0.15) is 4.98 Å². The van der Waals surface area contributed by atoms with E-state index in [-0.39, 0.29) is 0 Å². The molecule has 0 amide bonds. The van der Waals surface area contributed by atoms with Crippen molar-refractivity contribution in [1.82, 2.24) is 9.38 Å². The maximum atomic E-state index is 12.2. The first-order valence-electron chi connectivity index (χ1n) is 8.00. The van der Waals surface area contributed by atoms with Gasteiger partial charge in [-0.15, -0.1) is 0 Å². The lowest BCUT2D eigenvalue weighted by atomic mass is 10.2. The second kappa shape index (κ2) is 7.71. The third-order valence-electron chi connectivity index (χ3n) is 3.74. The summed E-state index contributed by atoms with van der Waals surface area (Å²) in [5.74, 6) is 0.340. The second-order valence-electron chi connectivity index (χ2n) is 5.47. The molecule has 0 aromatic carbocycles. The Balaban J connectivity index is 2.67. The molecule has 0 aliphatic rings. The zero-order chi connectivity index (χ0) is 16.8. The summed E-state index contributed by atoms with van der Waals surface area (Å²) in [6.45, 7) is 5.50. The lowest BCUT2D eigenvalue weighted by Gasteiger charge is -2.25.